The number of benzene rings is 1. The van der Waals surface area contributed by atoms with E-state index in [4.69, 9.17) is 5.73 Å². The lowest BCUT2D eigenvalue weighted by Crippen LogP contribution is -2.37. The Hall–Kier alpha value is -0.660. The number of nitrogens with two attached hydrogens (primary N) is 1. The minimum atomic E-state index is -3.46. The van der Waals surface area contributed by atoms with Crippen LogP contribution in [0.25, 0.3) is 0 Å². The lowest BCUT2D eigenvalue weighted by molar-refractivity contribution is 0.402. The molecule has 0 heterocycles. The van der Waals surface area contributed by atoms with Gasteiger partial charge in [-0.15, -0.1) is 12.4 Å². The molecular formula is C12H22ClN3O2S. The van der Waals surface area contributed by atoms with Crippen LogP contribution in [0.15, 0.2) is 29.2 Å². The molecule has 0 fully saturated rings. The van der Waals surface area contributed by atoms with Gasteiger partial charge < -0.3 is 10.6 Å². The maximum Gasteiger partial charge on any atom is 0.240 e. The van der Waals surface area contributed by atoms with E-state index < -0.39 is 10.0 Å². The summed E-state index contributed by atoms with van der Waals surface area (Å²) in [5.41, 5.74) is 6.48. The van der Waals surface area contributed by atoms with Crippen LogP contribution >= 0.6 is 12.4 Å². The molecule has 0 radical (unpaired) electrons. The Morgan fingerprint density at radius 3 is 2.21 bits per heavy atom. The molecule has 0 spiro atoms. The van der Waals surface area contributed by atoms with Gasteiger partial charge in [-0.25, -0.2) is 13.1 Å². The molecule has 0 bridgehead atoms. The third kappa shape index (κ3) is 5.88. The molecule has 19 heavy (non-hydrogen) atoms. The summed E-state index contributed by atoms with van der Waals surface area (Å²) in [5, 5.41) is 0. The number of sulfonamides is 1. The molecule has 5 nitrogen and oxygen atoms in total. The van der Waals surface area contributed by atoms with Crippen LogP contribution in [0, 0.1) is 0 Å². The van der Waals surface area contributed by atoms with E-state index in [0.29, 0.717) is 0 Å². The quantitative estimate of drug-likeness (QED) is 0.815. The SMILES string of the molecule is C[C@@H](CN)NS(=O)(=O)c1ccc(CN(C)C)cc1.Cl. The molecule has 0 aliphatic heterocycles. The van der Waals surface area contributed by atoms with Gasteiger partial charge in [0.05, 0.1) is 4.90 Å². The normalized spacial score (nSPS) is 13.1. The Bertz CT molecular complexity index is 474. The Labute approximate surface area is 121 Å². The van der Waals surface area contributed by atoms with Crippen molar-refractivity contribution in [3.8, 4) is 0 Å². The van der Waals surface area contributed by atoms with Crippen molar-refractivity contribution in [3.63, 3.8) is 0 Å². The minimum absolute atomic E-state index is 0. The number of nitrogens with one attached hydrogen (secondary N) is 1. The van der Waals surface area contributed by atoms with Crippen molar-refractivity contribution in [2.45, 2.75) is 24.4 Å². The molecule has 1 aromatic rings. The Morgan fingerprint density at radius 2 is 1.79 bits per heavy atom. The average Bonchev–Trinajstić information content (AvgIpc) is 2.28. The van der Waals surface area contributed by atoms with E-state index in [2.05, 4.69) is 4.72 Å². The van der Waals surface area contributed by atoms with Gasteiger partial charge in [0.25, 0.3) is 0 Å². The van der Waals surface area contributed by atoms with Gasteiger partial charge in [0.2, 0.25) is 10.0 Å². The molecule has 0 aromatic heterocycles. The predicted molar refractivity (Wildman–Crippen MR) is 79.9 cm³/mol. The van der Waals surface area contributed by atoms with Crippen molar-refractivity contribution >= 4 is 22.4 Å². The zero-order valence-electron chi connectivity index (χ0n) is 11.5. The van der Waals surface area contributed by atoms with Gasteiger partial charge in [-0.05, 0) is 38.7 Å². The highest BCUT2D eigenvalue weighted by Crippen LogP contribution is 2.11. The standard InChI is InChI=1S/C12H21N3O2S.ClH/c1-10(8-13)14-18(16,17)12-6-4-11(5-7-12)9-15(2)3;/h4-7,10,14H,8-9,13H2,1-3H3;1H/t10-;/m0./s1. The van der Waals surface area contributed by atoms with Gasteiger partial charge in [0.15, 0.2) is 0 Å². The van der Waals surface area contributed by atoms with Crippen LogP contribution in [0.4, 0.5) is 0 Å². The number of halogens is 1. The maximum atomic E-state index is 12.0. The fraction of sp³-hybridized carbons (Fsp3) is 0.500. The van der Waals surface area contributed by atoms with Gasteiger partial charge in [-0.3, -0.25) is 0 Å². The largest absolute Gasteiger partial charge is 0.329 e. The third-order valence-corrected chi connectivity index (χ3v) is 4.05. The molecule has 110 valence electrons. The van der Waals surface area contributed by atoms with Gasteiger partial charge in [-0.2, -0.15) is 0 Å². The summed E-state index contributed by atoms with van der Waals surface area (Å²) in [6, 6.07) is 6.61. The van der Waals surface area contributed by atoms with E-state index in [-0.39, 0.29) is 29.9 Å². The van der Waals surface area contributed by atoms with Crippen LogP contribution in [0.1, 0.15) is 12.5 Å². The first-order chi connectivity index (χ1) is 8.35. The molecule has 7 heteroatoms. The van der Waals surface area contributed by atoms with Crippen LogP contribution in [0.2, 0.25) is 0 Å². The molecule has 0 saturated heterocycles. The molecule has 1 aromatic carbocycles. The third-order valence-electron chi connectivity index (χ3n) is 2.44. The first-order valence-electron chi connectivity index (χ1n) is 5.81. The highest BCUT2D eigenvalue weighted by atomic mass is 35.5. The van der Waals surface area contributed by atoms with Crippen molar-refractivity contribution in [2.24, 2.45) is 5.73 Å². The van der Waals surface area contributed by atoms with Crippen molar-refractivity contribution in [1.29, 1.82) is 0 Å². The van der Waals surface area contributed by atoms with Gasteiger partial charge in [0, 0.05) is 19.1 Å². The lowest BCUT2D eigenvalue weighted by atomic mass is 10.2. The number of nitrogens with zero attached hydrogens (tertiary/aromatic N) is 1. The molecular weight excluding hydrogens is 286 g/mol. The Balaban J connectivity index is 0.00000324. The average molecular weight is 308 g/mol. The summed E-state index contributed by atoms with van der Waals surface area (Å²) in [7, 11) is 0.474. The van der Waals surface area contributed by atoms with E-state index in [0.717, 1.165) is 12.1 Å². The Kier molecular flexibility index (Phi) is 7.54. The van der Waals surface area contributed by atoms with Crippen LogP contribution in [0.3, 0.4) is 0 Å². The summed E-state index contributed by atoms with van der Waals surface area (Å²) in [6.45, 7) is 2.79. The van der Waals surface area contributed by atoms with E-state index >= 15 is 0 Å². The van der Waals surface area contributed by atoms with Crippen molar-refractivity contribution in [2.75, 3.05) is 20.6 Å². The van der Waals surface area contributed by atoms with Crippen LogP contribution in [0.5, 0.6) is 0 Å². The molecule has 0 unspecified atom stereocenters. The van der Waals surface area contributed by atoms with Crippen molar-refractivity contribution in [3.05, 3.63) is 29.8 Å². The first-order valence-corrected chi connectivity index (χ1v) is 7.29. The monoisotopic (exact) mass is 307 g/mol. The highest BCUT2D eigenvalue weighted by Gasteiger charge is 2.16. The van der Waals surface area contributed by atoms with Gasteiger partial charge in [0.1, 0.15) is 0 Å². The smallest absolute Gasteiger partial charge is 0.240 e. The molecule has 0 saturated carbocycles. The van der Waals surface area contributed by atoms with E-state index in [1.54, 1.807) is 19.1 Å². The molecule has 1 rings (SSSR count). The first kappa shape index (κ1) is 18.3. The summed E-state index contributed by atoms with van der Waals surface area (Å²) < 4.78 is 26.4. The zero-order chi connectivity index (χ0) is 13.8. The zero-order valence-corrected chi connectivity index (χ0v) is 13.1. The fourth-order valence-electron chi connectivity index (χ4n) is 1.52. The van der Waals surface area contributed by atoms with Crippen molar-refractivity contribution in [1.82, 2.24) is 9.62 Å². The highest BCUT2D eigenvalue weighted by molar-refractivity contribution is 7.89. The second-order valence-corrected chi connectivity index (χ2v) is 6.35. The maximum absolute atomic E-state index is 12.0. The summed E-state index contributed by atoms with van der Waals surface area (Å²) in [4.78, 5) is 2.29. The van der Waals surface area contributed by atoms with Gasteiger partial charge in [-0.1, -0.05) is 12.1 Å². The second-order valence-electron chi connectivity index (χ2n) is 4.64. The number of hydrogen-bond donors (Lipinski definition) is 2. The summed E-state index contributed by atoms with van der Waals surface area (Å²) in [5.74, 6) is 0. The van der Waals surface area contributed by atoms with Crippen LogP contribution in [-0.2, 0) is 16.6 Å². The second kappa shape index (κ2) is 7.81. The molecule has 3 N–H and O–H groups in total. The van der Waals surface area contributed by atoms with Gasteiger partial charge >= 0.3 is 0 Å². The number of rotatable bonds is 6. The van der Waals surface area contributed by atoms with E-state index in [1.807, 2.05) is 31.1 Å². The molecule has 0 aliphatic rings. The summed E-state index contributed by atoms with van der Waals surface area (Å²) >= 11 is 0. The fourth-order valence-corrected chi connectivity index (χ4v) is 2.78. The topological polar surface area (TPSA) is 75.4 Å². The van der Waals surface area contributed by atoms with Crippen LogP contribution < -0.4 is 10.5 Å². The van der Waals surface area contributed by atoms with E-state index in [1.165, 1.54) is 0 Å². The molecule has 1 atom stereocenters. The number of hydrogen-bond acceptors (Lipinski definition) is 4. The van der Waals surface area contributed by atoms with Crippen LogP contribution in [-0.4, -0.2) is 40.0 Å². The molecule has 0 aliphatic carbocycles. The molecule has 0 amide bonds. The minimum Gasteiger partial charge on any atom is -0.329 e. The Morgan fingerprint density at radius 1 is 1.26 bits per heavy atom. The van der Waals surface area contributed by atoms with E-state index in [9.17, 15) is 8.42 Å². The lowest BCUT2D eigenvalue weighted by Gasteiger charge is -2.13. The summed E-state index contributed by atoms with van der Waals surface area (Å²) in [6.07, 6.45) is 0. The predicted octanol–water partition coefficient (Wildman–Crippen LogP) is 0.796. The van der Waals surface area contributed by atoms with Crippen molar-refractivity contribution < 1.29 is 8.42 Å².